The van der Waals surface area contributed by atoms with Crippen molar-refractivity contribution in [2.45, 2.75) is 17.9 Å². The van der Waals surface area contributed by atoms with Gasteiger partial charge in [0.05, 0.1) is 20.6 Å². The predicted molar refractivity (Wildman–Crippen MR) is 102 cm³/mol. The van der Waals surface area contributed by atoms with E-state index in [1.165, 1.54) is 0 Å². The van der Waals surface area contributed by atoms with E-state index in [0.717, 1.165) is 16.0 Å². The zero-order valence-electron chi connectivity index (χ0n) is 15.0. The highest BCUT2D eigenvalue weighted by molar-refractivity contribution is 7.98. The summed E-state index contributed by atoms with van der Waals surface area (Å²) < 4.78 is 10.7. The Labute approximate surface area is 153 Å². The first-order chi connectivity index (χ1) is 12.0. The highest BCUT2D eigenvalue weighted by Crippen LogP contribution is 2.35. The molecule has 0 aliphatic heterocycles. The largest absolute Gasteiger partial charge is 0.493 e. The van der Waals surface area contributed by atoms with E-state index in [1.54, 1.807) is 37.9 Å². The molecular formula is C19H24N2O3S. The second-order valence-corrected chi connectivity index (χ2v) is 6.54. The minimum Gasteiger partial charge on any atom is -0.493 e. The van der Waals surface area contributed by atoms with Gasteiger partial charge in [0.2, 0.25) is 5.91 Å². The topological polar surface area (TPSA) is 64.8 Å². The fraction of sp³-hybridized carbons (Fsp3) is 0.316. The Morgan fingerprint density at radius 2 is 1.72 bits per heavy atom. The van der Waals surface area contributed by atoms with Crippen LogP contribution >= 0.6 is 11.8 Å². The van der Waals surface area contributed by atoms with Crippen LogP contribution in [-0.2, 0) is 17.8 Å². The lowest BCUT2D eigenvalue weighted by Crippen LogP contribution is -2.28. The first kappa shape index (κ1) is 19.0. The number of nitrogens with two attached hydrogens (primary N) is 1. The first-order valence-electron chi connectivity index (χ1n) is 7.85. The molecule has 0 heterocycles. The lowest BCUT2D eigenvalue weighted by molar-refractivity contribution is -0.129. The number of carbonyl (C=O) groups excluding carboxylic acids is 1. The molecule has 0 bridgehead atoms. The molecule has 134 valence electrons. The van der Waals surface area contributed by atoms with Gasteiger partial charge in [-0.15, -0.1) is 11.8 Å². The minimum absolute atomic E-state index is 0.0478. The molecule has 2 rings (SSSR count). The maximum atomic E-state index is 12.5. The van der Waals surface area contributed by atoms with Gasteiger partial charge in [-0.25, -0.2) is 0 Å². The number of amides is 1. The number of anilines is 1. The Morgan fingerprint density at radius 1 is 1.12 bits per heavy atom. The van der Waals surface area contributed by atoms with Crippen molar-refractivity contribution in [3.8, 4) is 11.5 Å². The summed E-state index contributed by atoms with van der Waals surface area (Å²) in [5.74, 6) is 1.40. The number of carbonyl (C=O) groups is 1. The summed E-state index contributed by atoms with van der Waals surface area (Å²) in [6, 6.07) is 11.2. The fourth-order valence-electron chi connectivity index (χ4n) is 2.50. The summed E-state index contributed by atoms with van der Waals surface area (Å²) in [5, 5.41) is 0. The molecule has 0 fully saturated rings. The fourth-order valence-corrected chi connectivity index (χ4v) is 3.12. The van der Waals surface area contributed by atoms with Crippen molar-refractivity contribution in [3.63, 3.8) is 0 Å². The molecule has 1 amide bonds. The van der Waals surface area contributed by atoms with E-state index in [1.807, 2.05) is 42.7 Å². The normalized spacial score (nSPS) is 10.4. The average molecular weight is 360 g/mol. The number of likely N-dealkylation sites (N-methyl/N-ethyl adjacent to an activating group) is 1. The maximum Gasteiger partial charge on any atom is 0.227 e. The van der Waals surface area contributed by atoms with Crippen molar-refractivity contribution in [1.29, 1.82) is 0 Å². The SMILES string of the molecule is COc1cc(CN(C)C(=O)Cc2ccc(N)cc2)c(SC)cc1OC. The summed E-state index contributed by atoms with van der Waals surface area (Å²) in [7, 11) is 5.03. The van der Waals surface area contributed by atoms with Gasteiger partial charge in [-0.3, -0.25) is 4.79 Å². The third kappa shape index (κ3) is 4.82. The molecule has 25 heavy (non-hydrogen) atoms. The molecular weight excluding hydrogens is 336 g/mol. The van der Waals surface area contributed by atoms with Gasteiger partial charge in [-0.2, -0.15) is 0 Å². The molecule has 0 unspecified atom stereocenters. The second-order valence-electron chi connectivity index (χ2n) is 5.69. The molecule has 6 heteroatoms. The van der Waals surface area contributed by atoms with Gasteiger partial charge in [-0.05, 0) is 41.6 Å². The number of benzene rings is 2. The first-order valence-corrected chi connectivity index (χ1v) is 9.08. The minimum atomic E-state index is 0.0478. The van der Waals surface area contributed by atoms with Crippen LogP contribution < -0.4 is 15.2 Å². The monoisotopic (exact) mass is 360 g/mol. The molecule has 2 N–H and O–H groups in total. The third-order valence-electron chi connectivity index (χ3n) is 3.95. The summed E-state index contributed by atoms with van der Waals surface area (Å²) >= 11 is 1.62. The van der Waals surface area contributed by atoms with Crippen LogP contribution in [0.1, 0.15) is 11.1 Å². The predicted octanol–water partition coefficient (Wildman–Crippen LogP) is 3.21. The molecule has 0 aliphatic rings. The number of nitrogen functional groups attached to an aromatic ring is 1. The average Bonchev–Trinajstić information content (AvgIpc) is 2.63. The number of hydrogen-bond acceptors (Lipinski definition) is 5. The molecule has 0 saturated carbocycles. The molecule has 0 atom stereocenters. The quantitative estimate of drug-likeness (QED) is 0.607. The van der Waals surface area contributed by atoms with Gasteiger partial charge in [0.15, 0.2) is 11.5 Å². The number of rotatable bonds is 7. The van der Waals surface area contributed by atoms with Crippen LogP contribution in [0.5, 0.6) is 11.5 Å². The van der Waals surface area contributed by atoms with E-state index in [4.69, 9.17) is 15.2 Å². The molecule has 0 aromatic heterocycles. The number of methoxy groups -OCH3 is 2. The lowest BCUT2D eigenvalue weighted by atomic mass is 10.1. The standard InChI is InChI=1S/C19H24N2O3S/c1-21(19(22)9-13-5-7-15(20)8-6-13)12-14-10-16(23-2)17(24-3)11-18(14)25-4/h5-8,10-11H,9,12,20H2,1-4H3. The summed E-state index contributed by atoms with van der Waals surface area (Å²) in [6.45, 7) is 0.504. The molecule has 2 aromatic carbocycles. The Morgan fingerprint density at radius 3 is 2.28 bits per heavy atom. The molecule has 5 nitrogen and oxygen atoms in total. The smallest absolute Gasteiger partial charge is 0.227 e. The van der Waals surface area contributed by atoms with Gasteiger partial charge in [-0.1, -0.05) is 12.1 Å². The molecule has 0 saturated heterocycles. The van der Waals surface area contributed by atoms with Crippen molar-refractivity contribution in [3.05, 3.63) is 47.5 Å². The van der Waals surface area contributed by atoms with Gasteiger partial charge < -0.3 is 20.1 Å². The number of thioether (sulfide) groups is 1. The number of nitrogens with zero attached hydrogens (tertiary/aromatic N) is 1. The van der Waals surface area contributed by atoms with Crippen molar-refractivity contribution >= 4 is 23.4 Å². The van der Waals surface area contributed by atoms with Gasteiger partial charge >= 0.3 is 0 Å². The number of ether oxygens (including phenoxy) is 2. The molecule has 0 radical (unpaired) electrons. The van der Waals surface area contributed by atoms with Crippen LogP contribution in [-0.4, -0.2) is 38.3 Å². The number of hydrogen-bond donors (Lipinski definition) is 1. The zero-order valence-corrected chi connectivity index (χ0v) is 15.9. The van der Waals surface area contributed by atoms with Crippen molar-refractivity contribution < 1.29 is 14.3 Å². The van der Waals surface area contributed by atoms with Gasteiger partial charge in [0.25, 0.3) is 0 Å². The highest BCUT2D eigenvalue weighted by Gasteiger charge is 2.15. The molecule has 0 spiro atoms. The Hall–Kier alpha value is -2.34. The highest BCUT2D eigenvalue weighted by atomic mass is 32.2. The Bertz CT molecular complexity index is 732. The van der Waals surface area contributed by atoms with E-state index in [-0.39, 0.29) is 5.91 Å². The van der Waals surface area contributed by atoms with Crippen LogP contribution in [0.2, 0.25) is 0 Å². The molecule has 2 aromatic rings. The van der Waals surface area contributed by atoms with Crippen LogP contribution in [0.4, 0.5) is 5.69 Å². The van der Waals surface area contributed by atoms with Crippen molar-refractivity contribution in [1.82, 2.24) is 4.90 Å². The van der Waals surface area contributed by atoms with E-state index >= 15 is 0 Å². The van der Waals surface area contributed by atoms with Crippen LogP contribution in [0, 0.1) is 0 Å². The Kier molecular flexibility index (Phi) is 6.58. The van der Waals surface area contributed by atoms with Gasteiger partial charge in [0, 0.05) is 24.2 Å². The zero-order chi connectivity index (χ0) is 18.4. The van der Waals surface area contributed by atoms with E-state index in [2.05, 4.69) is 0 Å². The van der Waals surface area contributed by atoms with Crippen molar-refractivity contribution in [2.24, 2.45) is 0 Å². The third-order valence-corrected chi connectivity index (χ3v) is 4.77. The summed E-state index contributed by atoms with van der Waals surface area (Å²) in [4.78, 5) is 15.3. The lowest BCUT2D eigenvalue weighted by Gasteiger charge is -2.20. The Balaban J connectivity index is 2.14. The van der Waals surface area contributed by atoms with E-state index < -0.39 is 0 Å². The van der Waals surface area contributed by atoms with Crippen LogP contribution in [0.3, 0.4) is 0 Å². The second kappa shape index (κ2) is 8.67. The van der Waals surface area contributed by atoms with E-state index in [0.29, 0.717) is 30.2 Å². The van der Waals surface area contributed by atoms with E-state index in [9.17, 15) is 4.79 Å². The van der Waals surface area contributed by atoms with Gasteiger partial charge in [0.1, 0.15) is 0 Å². The van der Waals surface area contributed by atoms with Crippen molar-refractivity contribution in [2.75, 3.05) is 33.3 Å². The van der Waals surface area contributed by atoms with Crippen LogP contribution in [0.25, 0.3) is 0 Å². The van der Waals surface area contributed by atoms with Crippen LogP contribution in [0.15, 0.2) is 41.3 Å². The maximum absolute atomic E-state index is 12.5. The molecule has 0 aliphatic carbocycles. The summed E-state index contributed by atoms with van der Waals surface area (Å²) in [5.41, 5.74) is 8.35. The summed E-state index contributed by atoms with van der Waals surface area (Å²) in [6.07, 6.45) is 2.35.